The molecule has 0 heterocycles. The van der Waals surface area contributed by atoms with Crippen molar-refractivity contribution in [1.82, 2.24) is 0 Å². The van der Waals surface area contributed by atoms with Crippen LogP contribution in [0, 0.1) is 40.4 Å². The molecule has 0 radical (unpaired) electrons. The maximum atomic E-state index is 13.7. The van der Waals surface area contributed by atoms with Crippen LogP contribution in [-0.4, -0.2) is 5.11 Å². The van der Waals surface area contributed by atoms with E-state index in [0.717, 1.165) is 27.8 Å². The van der Waals surface area contributed by atoms with Gasteiger partial charge in [-0.05, 0) is 79.6 Å². The average Bonchev–Trinajstić information content (AvgIpc) is 2.40. The second kappa shape index (κ2) is 5.37. The van der Waals surface area contributed by atoms with E-state index < -0.39 is 6.10 Å². The lowest BCUT2D eigenvalue weighted by molar-refractivity contribution is 0.218. The minimum atomic E-state index is -0.788. The number of aryl methyl sites for hydroxylation is 3. The highest BCUT2D eigenvalue weighted by Gasteiger charge is 2.18. The smallest absolute Gasteiger partial charge is 0.126 e. The second-order valence-electron chi connectivity index (χ2n) is 5.59. The van der Waals surface area contributed by atoms with Gasteiger partial charge in [-0.1, -0.05) is 18.2 Å². The number of hydrogen-bond donors (Lipinski definition) is 1. The summed E-state index contributed by atoms with van der Waals surface area (Å²) in [4.78, 5) is 0. The number of rotatable bonds is 2. The summed E-state index contributed by atoms with van der Waals surface area (Å²) in [5.41, 5.74) is 6.53. The normalized spacial score (nSPS) is 12.6. The van der Waals surface area contributed by atoms with Crippen LogP contribution in [0.1, 0.15) is 45.0 Å². The highest BCUT2D eigenvalue weighted by molar-refractivity contribution is 5.48. The molecule has 0 amide bonds. The van der Waals surface area contributed by atoms with Crippen LogP contribution in [0.5, 0.6) is 0 Å². The van der Waals surface area contributed by atoms with E-state index >= 15 is 0 Å². The Morgan fingerprint density at radius 1 is 0.850 bits per heavy atom. The first kappa shape index (κ1) is 14.7. The molecule has 1 atom stereocenters. The molecular formula is C18H21FO. The summed E-state index contributed by atoms with van der Waals surface area (Å²) in [6, 6.07) is 7.05. The van der Waals surface area contributed by atoms with Crippen molar-refractivity contribution in [1.29, 1.82) is 0 Å². The Balaban J connectivity index is 2.58. The topological polar surface area (TPSA) is 20.2 Å². The van der Waals surface area contributed by atoms with Gasteiger partial charge in [-0.15, -0.1) is 0 Å². The fourth-order valence-corrected chi connectivity index (χ4v) is 2.60. The van der Waals surface area contributed by atoms with Crippen molar-refractivity contribution in [3.05, 3.63) is 69.0 Å². The highest BCUT2D eigenvalue weighted by atomic mass is 19.1. The Labute approximate surface area is 120 Å². The van der Waals surface area contributed by atoms with Crippen LogP contribution < -0.4 is 0 Å². The minimum Gasteiger partial charge on any atom is -0.384 e. The zero-order valence-electron chi connectivity index (χ0n) is 12.7. The third kappa shape index (κ3) is 2.48. The van der Waals surface area contributed by atoms with Gasteiger partial charge in [-0.2, -0.15) is 0 Å². The van der Waals surface area contributed by atoms with E-state index in [1.165, 1.54) is 6.07 Å². The third-order valence-corrected chi connectivity index (χ3v) is 4.21. The van der Waals surface area contributed by atoms with Gasteiger partial charge >= 0.3 is 0 Å². The molecule has 0 fully saturated rings. The standard InChI is InChI=1S/C18H21FO/c1-10-6-7-15(9-16(10)19)18(20)17-13(4)11(2)8-12(3)14(17)5/h6-9,18,20H,1-5H3. The predicted molar refractivity (Wildman–Crippen MR) is 80.6 cm³/mol. The second-order valence-corrected chi connectivity index (χ2v) is 5.59. The SMILES string of the molecule is Cc1ccc(C(O)c2c(C)c(C)cc(C)c2C)cc1F. The van der Waals surface area contributed by atoms with Crippen LogP contribution in [-0.2, 0) is 0 Å². The largest absolute Gasteiger partial charge is 0.384 e. The Bertz CT molecular complexity index is 633. The predicted octanol–water partition coefficient (Wildman–Crippen LogP) is 4.45. The van der Waals surface area contributed by atoms with Crippen molar-refractivity contribution in [2.75, 3.05) is 0 Å². The molecule has 2 aromatic rings. The van der Waals surface area contributed by atoms with Crippen LogP contribution in [0.15, 0.2) is 24.3 Å². The average molecular weight is 272 g/mol. The van der Waals surface area contributed by atoms with E-state index in [-0.39, 0.29) is 5.82 Å². The molecule has 20 heavy (non-hydrogen) atoms. The first-order valence-electron chi connectivity index (χ1n) is 6.84. The summed E-state index contributed by atoms with van der Waals surface area (Å²) in [5.74, 6) is -0.277. The molecule has 1 nitrogen and oxygen atoms in total. The molecule has 2 heteroatoms. The molecule has 0 spiro atoms. The van der Waals surface area contributed by atoms with E-state index in [4.69, 9.17) is 0 Å². The molecule has 0 aliphatic heterocycles. The van der Waals surface area contributed by atoms with Gasteiger partial charge in [0, 0.05) is 0 Å². The van der Waals surface area contributed by atoms with E-state index in [9.17, 15) is 9.50 Å². The van der Waals surface area contributed by atoms with E-state index in [0.29, 0.717) is 11.1 Å². The first-order valence-corrected chi connectivity index (χ1v) is 6.84. The lowest BCUT2D eigenvalue weighted by Gasteiger charge is -2.21. The van der Waals surface area contributed by atoms with Gasteiger partial charge in [0.1, 0.15) is 11.9 Å². The fraction of sp³-hybridized carbons (Fsp3) is 0.333. The quantitative estimate of drug-likeness (QED) is 0.856. The Hall–Kier alpha value is -1.67. The van der Waals surface area contributed by atoms with Crippen molar-refractivity contribution < 1.29 is 9.50 Å². The molecule has 0 aromatic heterocycles. The third-order valence-electron chi connectivity index (χ3n) is 4.21. The summed E-state index contributed by atoms with van der Waals surface area (Å²) in [5, 5.41) is 10.7. The highest BCUT2D eigenvalue weighted by Crippen LogP contribution is 2.31. The molecule has 1 N–H and O–H groups in total. The monoisotopic (exact) mass is 272 g/mol. The van der Waals surface area contributed by atoms with Gasteiger partial charge in [0.2, 0.25) is 0 Å². The molecule has 0 saturated carbocycles. The molecular weight excluding hydrogens is 251 g/mol. The zero-order chi connectivity index (χ0) is 15.0. The van der Waals surface area contributed by atoms with Gasteiger partial charge in [-0.3, -0.25) is 0 Å². The summed E-state index contributed by atoms with van der Waals surface area (Å²) >= 11 is 0. The number of halogens is 1. The molecule has 1 unspecified atom stereocenters. The van der Waals surface area contributed by atoms with Crippen molar-refractivity contribution in [3.63, 3.8) is 0 Å². The Morgan fingerprint density at radius 3 is 1.90 bits per heavy atom. The maximum absolute atomic E-state index is 13.7. The lowest BCUT2D eigenvalue weighted by atomic mass is 9.88. The number of aliphatic hydroxyl groups excluding tert-OH is 1. The maximum Gasteiger partial charge on any atom is 0.126 e. The Morgan fingerprint density at radius 2 is 1.40 bits per heavy atom. The van der Waals surface area contributed by atoms with Crippen molar-refractivity contribution in [2.24, 2.45) is 0 Å². The molecule has 0 saturated heterocycles. The van der Waals surface area contributed by atoms with Gasteiger partial charge < -0.3 is 5.11 Å². The van der Waals surface area contributed by atoms with Gasteiger partial charge in [0.05, 0.1) is 0 Å². The van der Waals surface area contributed by atoms with Crippen LogP contribution in [0.2, 0.25) is 0 Å². The van der Waals surface area contributed by atoms with Crippen molar-refractivity contribution in [2.45, 2.75) is 40.7 Å². The summed E-state index contributed by atoms with van der Waals surface area (Å²) in [7, 11) is 0. The molecule has 2 rings (SSSR count). The summed E-state index contributed by atoms with van der Waals surface area (Å²) in [6.45, 7) is 9.80. The van der Waals surface area contributed by atoms with Gasteiger partial charge in [0.25, 0.3) is 0 Å². The number of aliphatic hydroxyl groups is 1. The van der Waals surface area contributed by atoms with E-state index in [2.05, 4.69) is 6.07 Å². The molecule has 0 aliphatic carbocycles. The van der Waals surface area contributed by atoms with Crippen LogP contribution in [0.4, 0.5) is 4.39 Å². The van der Waals surface area contributed by atoms with Crippen molar-refractivity contribution >= 4 is 0 Å². The molecule has 2 aromatic carbocycles. The minimum absolute atomic E-state index is 0.277. The van der Waals surface area contributed by atoms with Crippen molar-refractivity contribution in [3.8, 4) is 0 Å². The number of hydrogen-bond acceptors (Lipinski definition) is 1. The Kier molecular flexibility index (Phi) is 3.96. The van der Waals surface area contributed by atoms with E-state index in [1.807, 2.05) is 27.7 Å². The number of benzene rings is 2. The summed E-state index contributed by atoms with van der Waals surface area (Å²) < 4.78 is 13.7. The first-order chi connectivity index (χ1) is 9.32. The molecule has 106 valence electrons. The van der Waals surface area contributed by atoms with Gasteiger partial charge in [0.15, 0.2) is 0 Å². The van der Waals surface area contributed by atoms with Crippen LogP contribution >= 0.6 is 0 Å². The van der Waals surface area contributed by atoms with Gasteiger partial charge in [-0.25, -0.2) is 4.39 Å². The summed E-state index contributed by atoms with van der Waals surface area (Å²) in [6.07, 6.45) is -0.788. The molecule has 0 bridgehead atoms. The fourth-order valence-electron chi connectivity index (χ4n) is 2.60. The zero-order valence-corrected chi connectivity index (χ0v) is 12.7. The van der Waals surface area contributed by atoms with Crippen LogP contribution in [0.3, 0.4) is 0 Å². The van der Waals surface area contributed by atoms with Crippen LogP contribution in [0.25, 0.3) is 0 Å². The lowest BCUT2D eigenvalue weighted by Crippen LogP contribution is -2.08. The van der Waals surface area contributed by atoms with E-state index in [1.54, 1.807) is 19.1 Å². The molecule has 0 aliphatic rings.